The Hall–Kier alpha value is -1.10. The van der Waals surface area contributed by atoms with E-state index >= 15 is 0 Å². The number of carbonyl (C=O) groups excluding carboxylic acids is 2. The van der Waals surface area contributed by atoms with Crippen molar-refractivity contribution in [2.75, 3.05) is 6.54 Å². The minimum Gasteiger partial charge on any atom is -0.335 e. The maximum atomic E-state index is 12.0. The maximum absolute atomic E-state index is 12.0. The highest BCUT2D eigenvalue weighted by atomic mass is 16.2. The number of hydrogen-bond donors (Lipinski definition) is 3. The van der Waals surface area contributed by atoms with Crippen molar-refractivity contribution in [2.45, 2.75) is 70.4 Å². The number of amides is 3. The summed E-state index contributed by atoms with van der Waals surface area (Å²) in [6.45, 7) is 4.32. The third-order valence-corrected chi connectivity index (χ3v) is 6.05. The molecule has 4 N–H and O–H groups in total. The van der Waals surface area contributed by atoms with Crippen LogP contribution in [0.25, 0.3) is 0 Å². The molecule has 0 unspecified atom stereocenters. The number of nitrogens with two attached hydrogens (primary N) is 1. The highest BCUT2D eigenvalue weighted by Crippen LogP contribution is 2.54. The van der Waals surface area contributed by atoms with Gasteiger partial charge in [-0.1, -0.05) is 6.92 Å². The largest absolute Gasteiger partial charge is 0.335 e. The molecule has 5 heteroatoms. The minimum absolute atomic E-state index is 0.0972. The van der Waals surface area contributed by atoms with E-state index in [1.807, 2.05) is 13.8 Å². The fourth-order valence-electron chi connectivity index (χ4n) is 5.28. The number of urea groups is 1. The molecule has 124 valence electrons. The number of carbonyl (C=O) groups is 2. The molecule has 5 nitrogen and oxygen atoms in total. The van der Waals surface area contributed by atoms with Crippen LogP contribution >= 0.6 is 0 Å². The molecule has 22 heavy (non-hydrogen) atoms. The van der Waals surface area contributed by atoms with E-state index in [9.17, 15) is 9.59 Å². The Morgan fingerprint density at radius 2 is 1.68 bits per heavy atom. The molecule has 4 fully saturated rings. The molecule has 0 saturated heterocycles. The summed E-state index contributed by atoms with van der Waals surface area (Å²) in [5, 5.41) is 7.47. The van der Waals surface area contributed by atoms with Crippen molar-refractivity contribution in [1.82, 2.24) is 10.6 Å². The van der Waals surface area contributed by atoms with Crippen molar-refractivity contribution in [3.05, 3.63) is 0 Å². The molecular formula is C17H30N3O2+. The predicted molar refractivity (Wildman–Crippen MR) is 84.1 cm³/mol. The summed E-state index contributed by atoms with van der Waals surface area (Å²) in [5.74, 6) is 2.49. The van der Waals surface area contributed by atoms with E-state index in [0.29, 0.717) is 12.1 Å². The van der Waals surface area contributed by atoms with Crippen LogP contribution in [0.3, 0.4) is 0 Å². The molecule has 1 atom stereocenters. The molecule has 4 rings (SSSR count). The molecule has 3 amide bonds. The van der Waals surface area contributed by atoms with E-state index in [-0.39, 0.29) is 18.0 Å². The van der Waals surface area contributed by atoms with Crippen LogP contribution in [-0.4, -0.2) is 30.1 Å². The van der Waals surface area contributed by atoms with Gasteiger partial charge in [0.25, 0.3) is 5.91 Å². The van der Waals surface area contributed by atoms with Gasteiger partial charge < -0.3 is 10.6 Å². The van der Waals surface area contributed by atoms with Gasteiger partial charge in [0, 0.05) is 25.3 Å². The highest BCUT2D eigenvalue weighted by Gasteiger charge is 2.53. The van der Waals surface area contributed by atoms with Crippen molar-refractivity contribution < 1.29 is 14.9 Å². The predicted octanol–water partition coefficient (Wildman–Crippen LogP) is 1.14. The number of quaternary nitrogens is 1. The van der Waals surface area contributed by atoms with Gasteiger partial charge in [-0.25, -0.2) is 4.79 Å². The normalized spacial score (nSPS) is 36.9. The van der Waals surface area contributed by atoms with Gasteiger partial charge in [0.1, 0.15) is 0 Å². The first-order valence-electron chi connectivity index (χ1n) is 8.93. The van der Waals surface area contributed by atoms with E-state index < -0.39 is 0 Å². The summed E-state index contributed by atoms with van der Waals surface area (Å²) < 4.78 is 0. The lowest BCUT2D eigenvalue weighted by molar-refractivity contribution is -0.730. The lowest BCUT2D eigenvalue weighted by Crippen LogP contribution is -3.00. The molecule has 0 spiro atoms. The first kappa shape index (κ1) is 15.8. The van der Waals surface area contributed by atoms with E-state index in [4.69, 9.17) is 0 Å². The van der Waals surface area contributed by atoms with Gasteiger partial charge in [0.15, 0.2) is 6.54 Å². The maximum Gasteiger partial charge on any atom is 0.321 e. The molecule has 4 bridgehead atoms. The lowest BCUT2D eigenvalue weighted by Gasteiger charge is -2.54. The quantitative estimate of drug-likeness (QED) is 0.712. The number of nitrogens with one attached hydrogen (secondary N) is 2. The van der Waals surface area contributed by atoms with Crippen molar-refractivity contribution in [3.63, 3.8) is 0 Å². The summed E-state index contributed by atoms with van der Waals surface area (Å²) >= 11 is 0. The topological polar surface area (TPSA) is 74.8 Å². The third kappa shape index (κ3) is 3.45. The number of imide groups is 1. The number of hydrogen-bond acceptors (Lipinski definition) is 2. The molecule has 0 aromatic rings. The Morgan fingerprint density at radius 1 is 1.14 bits per heavy atom. The fraction of sp³-hybridized carbons (Fsp3) is 0.882. The van der Waals surface area contributed by atoms with Crippen molar-refractivity contribution in [2.24, 2.45) is 17.8 Å². The van der Waals surface area contributed by atoms with Crippen LogP contribution in [0.4, 0.5) is 4.79 Å². The molecular weight excluding hydrogens is 278 g/mol. The van der Waals surface area contributed by atoms with Gasteiger partial charge in [-0.05, 0) is 50.4 Å². The molecule has 0 heterocycles. The molecule has 4 saturated carbocycles. The second-order valence-electron chi connectivity index (χ2n) is 8.02. The van der Waals surface area contributed by atoms with E-state index in [1.165, 1.54) is 38.5 Å². The van der Waals surface area contributed by atoms with Crippen LogP contribution in [0.2, 0.25) is 0 Å². The highest BCUT2D eigenvalue weighted by molar-refractivity contribution is 5.94. The van der Waals surface area contributed by atoms with Gasteiger partial charge in [-0.3, -0.25) is 10.1 Å². The Morgan fingerprint density at radius 3 is 2.18 bits per heavy atom. The van der Waals surface area contributed by atoms with Crippen molar-refractivity contribution >= 4 is 11.9 Å². The van der Waals surface area contributed by atoms with Gasteiger partial charge in [0.05, 0.1) is 5.54 Å². The minimum atomic E-state index is -0.363. The zero-order valence-corrected chi connectivity index (χ0v) is 13.9. The van der Waals surface area contributed by atoms with Crippen LogP contribution in [0.5, 0.6) is 0 Å². The summed E-state index contributed by atoms with van der Waals surface area (Å²) in [6.07, 6.45) is 8.91. The summed E-state index contributed by atoms with van der Waals surface area (Å²) in [6, 6.07) is -0.266. The van der Waals surface area contributed by atoms with Crippen molar-refractivity contribution in [3.8, 4) is 0 Å². The Balaban J connectivity index is 1.46. The number of rotatable bonds is 5. The average molecular weight is 308 g/mol. The zero-order chi connectivity index (χ0) is 15.7. The van der Waals surface area contributed by atoms with Crippen LogP contribution in [0, 0.1) is 17.8 Å². The SMILES string of the molecule is CC[C@@H](C)NC(=O)NC(=O)C[NH2+]C12CC3CC(CC(C3)C1)C2. The van der Waals surface area contributed by atoms with Crippen LogP contribution < -0.4 is 16.0 Å². The average Bonchev–Trinajstić information content (AvgIpc) is 2.43. The summed E-state index contributed by atoms with van der Waals surface area (Å²) in [5.41, 5.74) is 0.291. The molecule has 0 radical (unpaired) electrons. The van der Waals surface area contributed by atoms with E-state index in [1.54, 1.807) is 0 Å². The second-order valence-corrected chi connectivity index (χ2v) is 8.02. The first-order valence-corrected chi connectivity index (χ1v) is 8.93. The van der Waals surface area contributed by atoms with Gasteiger partial charge in [0.2, 0.25) is 0 Å². The standard InChI is InChI=1S/C17H29N3O2/c1-3-11(2)19-16(22)20-15(21)10-18-17-7-12-4-13(8-17)6-14(5-12)9-17/h11-14,18H,3-10H2,1-2H3,(H2,19,20,21,22)/p+1/t11-,12?,13?,14?,17?/m1/s1. The summed E-state index contributed by atoms with van der Waals surface area (Å²) in [7, 11) is 0. The first-order chi connectivity index (χ1) is 10.5. The summed E-state index contributed by atoms with van der Waals surface area (Å²) in [4.78, 5) is 23.7. The zero-order valence-electron chi connectivity index (χ0n) is 13.9. The monoisotopic (exact) mass is 308 g/mol. The Kier molecular flexibility index (Phi) is 4.44. The van der Waals surface area contributed by atoms with E-state index in [2.05, 4.69) is 16.0 Å². The Bertz CT molecular complexity index is 414. The van der Waals surface area contributed by atoms with Gasteiger partial charge in [-0.15, -0.1) is 0 Å². The lowest BCUT2D eigenvalue weighted by atomic mass is 9.53. The smallest absolute Gasteiger partial charge is 0.321 e. The fourth-order valence-corrected chi connectivity index (χ4v) is 5.28. The van der Waals surface area contributed by atoms with Crippen molar-refractivity contribution in [1.29, 1.82) is 0 Å². The third-order valence-electron chi connectivity index (χ3n) is 6.05. The molecule has 0 aromatic carbocycles. The van der Waals surface area contributed by atoms with Gasteiger partial charge in [-0.2, -0.15) is 0 Å². The Labute approximate surface area is 133 Å². The van der Waals surface area contributed by atoms with Gasteiger partial charge >= 0.3 is 6.03 Å². The van der Waals surface area contributed by atoms with Crippen LogP contribution in [0.1, 0.15) is 58.8 Å². The molecule has 0 aromatic heterocycles. The van der Waals surface area contributed by atoms with Crippen LogP contribution in [0.15, 0.2) is 0 Å². The second kappa shape index (κ2) is 6.19. The van der Waals surface area contributed by atoms with Crippen LogP contribution in [-0.2, 0) is 4.79 Å². The van der Waals surface area contributed by atoms with E-state index in [0.717, 1.165) is 24.2 Å². The molecule has 4 aliphatic rings. The molecule has 4 aliphatic carbocycles. The molecule has 0 aliphatic heterocycles.